The van der Waals surface area contributed by atoms with Crippen molar-refractivity contribution in [3.8, 4) is 0 Å². The third kappa shape index (κ3) is 2.83. The monoisotopic (exact) mass is 257 g/mol. The number of hydrogen-bond acceptors (Lipinski definition) is 3. The van der Waals surface area contributed by atoms with E-state index in [-0.39, 0.29) is 18.1 Å². The molecule has 5 nitrogen and oxygen atoms in total. The molecule has 1 N–H and O–H groups in total. The predicted octanol–water partition coefficient (Wildman–Crippen LogP) is 1.66. The van der Waals surface area contributed by atoms with Gasteiger partial charge in [-0.25, -0.2) is 4.79 Å². The van der Waals surface area contributed by atoms with Crippen molar-refractivity contribution in [3.63, 3.8) is 0 Å². The fraction of sp³-hybridized carbons (Fsp3) is 0.846. The van der Waals surface area contributed by atoms with Crippen LogP contribution in [0.2, 0.25) is 0 Å². The minimum absolute atomic E-state index is 0.149. The maximum absolute atomic E-state index is 11.8. The Morgan fingerprint density at radius 2 is 1.83 bits per heavy atom. The van der Waals surface area contributed by atoms with E-state index in [9.17, 15) is 14.7 Å². The molecule has 0 aliphatic carbocycles. The van der Waals surface area contributed by atoms with Crippen LogP contribution in [0.3, 0.4) is 0 Å². The fourth-order valence-electron chi connectivity index (χ4n) is 2.93. The van der Waals surface area contributed by atoms with Gasteiger partial charge in [-0.2, -0.15) is 0 Å². The quantitative estimate of drug-likeness (QED) is 0.831. The molecule has 0 radical (unpaired) electrons. The van der Waals surface area contributed by atoms with E-state index in [0.29, 0.717) is 19.4 Å². The zero-order valence-corrected chi connectivity index (χ0v) is 11.6. The van der Waals surface area contributed by atoms with Crippen molar-refractivity contribution in [2.45, 2.75) is 64.7 Å². The molecule has 0 aromatic rings. The summed E-state index contributed by atoms with van der Waals surface area (Å²) in [6.07, 6.45) is 1.16. The Hall–Kier alpha value is -1.10. The minimum Gasteiger partial charge on any atom is -0.479 e. The van der Waals surface area contributed by atoms with Gasteiger partial charge in [-0.05, 0) is 20.3 Å². The number of ether oxygens (including phenoxy) is 1. The fourth-order valence-corrected chi connectivity index (χ4v) is 2.93. The number of amides is 1. The molecule has 1 rings (SSSR count). The number of hydrogen-bond donors (Lipinski definition) is 1. The average Bonchev–Trinajstić information content (AvgIpc) is 2.23. The summed E-state index contributed by atoms with van der Waals surface area (Å²) in [7, 11) is 0. The van der Waals surface area contributed by atoms with E-state index in [4.69, 9.17) is 4.74 Å². The van der Waals surface area contributed by atoms with Crippen molar-refractivity contribution in [2.24, 2.45) is 0 Å². The molecule has 1 fully saturated rings. The highest BCUT2D eigenvalue weighted by Gasteiger charge is 2.50. The summed E-state index contributed by atoms with van der Waals surface area (Å²) in [4.78, 5) is 25.0. The SMILES string of the molecule is CCCN(C(C)=O)C1(C(=O)O)CC(C)OC(C)C1. The molecule has 0 aromatic carbocycles. The van der Waals surface area contributed by atoms with E-state index >= 15 is 0 Å². The molecule has 18 heavy (non-hydrogen) atoms. The van der Waals surface area contributed by atoms with E-state index in [2.05, 4.69) is 0 Å². The van der Waals surface area contributed by atoms with Crippen LogP contribution in [-0.4, -0.2) is 46.2 Å². The lowest BCUT2D eigenvalue weighted by Crippen LogP contribution is -2.62. The summed E-state index contributed by atoms with van der Waals surface area (Å²) >= 11 is 0. The van der Waals surface area contributed by atoms with Crippen molar-refractivity contribution in [3.05, 3.63) is 0 Å². The molecule has 5 heteroatoms. The summed E-state index contributed by atoms with van der Waals surface area (Å²) in [5.41, 5.74) is -1.11. The molecule has 0 bridgehead atoms. The van der Waals surface area contributed by atoms with E-state index < -0.39 is 11.5 Å². The first-order valence-electron chi connectivity index (χ1n) is 6.50. The van der Waals surface area contributed by atoms with E-state index in [1.807, 2.05) is 20.8 Å². The second-order valence-electron chi connectivity index (χ2n) is 5.17. The summed E-state index contributed by atoms with van der Waals surface area (Å²) in [5, 5.41) is 9.62. The maximum atomic E-state index is 11.8. The highest BCUT2D eigenvalue weighted by molar-refractivity contribution is 5.86. The third-order valence-corrected chi connectivity index (χ3v) is 3.46. The van der Waals surface area contributed by atoms with Gasteiger partial charge in [-0.3, -0.25) is 4.79 Å². The van der Waals surface area contributed by atoms with Crippen LogP contribution in [0.15, 0.2) is 0 Å². The molecule has 1 saturated heterocycles. The smallest absolute Gasteiger partial charge is 0.329 e. The summed E-state index contributed by atoms with van der Waals surface area (Å²) in [6, 6.07) is 0. The molecule has 1 aliphatic heterocycles. The van der Waals surface area contributed by atoms with Gasteiger partial charge in [-0.1, -0.05) is 6.92 Å². The second-order valence-corrected chi connectivity index (χ2v) is 5.17. The van der Waals surface area contributed by atoms with Crippen LogP contribution in [0.25, 0.3) is 0 Å². The average molecular weight is 257 g/mol. The molecule has 1 heterocycles. The first-order valence-corrected chi connectivity index (χ1v) is 6.50. The molecule has 0 saturated carbocycles. The van der Waals surface area contributed by atoms with E-state index in [1.165, 1.54) is 11.8 Å². The number of carbonyl (C=O) groups is 2. The lowest BCUT2D eigenvalue weighted by Gasteiger charge is -2.46. The Balaban J connectivity index is 3.11. The standard InChI is InChI=1S/C13H23NO4/c1-5-6-14(11(4)15)13(12(16)17)7-9(2)18-10(3)8-13/h9-10H,5-8H2,1-4H3,(H,16,17). The molecule has 2 unspecified atom stereocenters. The molecule has 0 aromatic heterocycles. The van der Waals surface area contributed by atoms with Crippen LogP contribution in [0.4, 0.5) is 0 Å². The lowest BCUT2D eigenvalue weighted by molar-refractivity contribution is -0.175. The van der Waals surface area contributed by atoms with Gasteiger partial charge in [0.1, 0.15) is 5.54 Å². The van der Waals surface area contributed by atoms with E-state index in [0.717, 1.165) is 6.42 Å². The van der Waals surface area contributed by atoms with Crippen LogP contribution in [0.1, 0.15) is 47.0 Å². The first kappa shape index (κ1) is 15.0. The van der Waals surface area contributed by atoms with Gasteiger partial charge >= 0.3 is 5.97 Å². The summed E-state index contributed by atoms with van der Waals surface area (Å²) in [6.45, 7) is 7.57. The van der Waals surface area contributed by atoms with Crippen molar-refractivity contribution in [1.29, 1.82) is 0 Å². The van der Waals surface area contributed by atoms with Gasteiger partial charge in [0.25, 0.3) is 0 Å². The number of aliphatic carboxylic acids is 1. The van der Waals surface area contributed by atoms with Gasteiger partial charge in [0.15, 0.2) is 0 Å². The topological polar surface area (TPSA) is 66.8 Å². The van der Waals surface area contributed by atoms with Gasteiger partial charge in [0.05, 0.1) is 12.2 Å². The molecule has 1 aliphatic rings. The second kappa shape index (κ2) is 5.69. The summed E-state index contributed by atoms with van der Waals surface area (Å²) < 4.78 is 5.60. The number of carboxylic acids is 1. The largest absolute Gasteiger partial charge is 0.479 e. The van der Waals surface area contributed by atoms with Gasteiger partial charge in [0, 0.05) is 26.3 Å². The first-order chi connectivity index (χ1) is 8.33. The van der Waals surface area contributed by atoms with Crippen molar-refractivity contribution >= 4 is 11.9 Å². The number of carbonyl (C=O) groups excluding carboxylic acids is 1. The van der Waals surface area contributed by atoms with Crippen LogP contribution < -0.4 is 0 Å². The van der Waals surface area contributed by atoms with Crippen LogP contribution >= 0.6 is 0 Å². The summed E-state index contributed by atoms with van der Waals surface area (Å²) in [5.74, 6) is -1.10. The highest BCUT2D eigenvalue weighted by Crippen LogP contribution is 2.34. The number of nitrogens with zero attached hydrogens (tertiary/aromatic N) is 1. The zero-order valence-electron chi connectivity index (χ0n) is 11.6. The van der Waals surface area contributed by atoms with Gasteiger partial charge in [0.2, 0.25) is 5.91 Å². The molecular formula is C13H23NO4. The molecule has 0 spiro atoms. The Morgan fingerprint density at radius 3 is 2.17 bits per heavy atom. The van der Waals surface area contributed by atoms with Crippen LogP contribution in [-0.2, 0) is 14.3 Å². The number of rotatable bonds is 4. The third-order valence-electron chi connectivity index (χ3n) is 3.46. The molecular weight excluding hydrogens is 234 g/mol. The van der Waals surface area contributed by atoms with Crippen LogP contribution in [0, 0.1) is 0 Å². The Kier molecular flexibility index (Phi) is 4.73. The van der Waals surface area contributed by atoms with Crippen molar-refractivity contribution in [2.75, 3.05) is 6.54 Å². The van der Waals surface area contributed by atoms with Gasteiger partial charge < -0.3 is 14.7 Å². The van der Waals surface area contributed by atoms with Gasteiger partial charge in [-0.15, -0.1) is 0 Å². The number of carboxylic acid groups (broad SMARTS) is 1. The Labute approximate surface area is 108 Å². The molecule has 104 valence electrons. The van der Waals surface area contributed by atoms with Crippen molar-refractivity contribution in [1.82, 2.24) is 4.90 Å². The highest BCUT2D eigenvalue weighted by atomic mass is 16.5. The maximum Gasteiger partial charge on any atom is 0.329 e. The minimum atomic E-state index is -1.11. The van der Waals surface area contributed by atoms with Crippen molar-refractivity contribution < 1.29 is 19.4 Å². The lowest BCUT2D eigenvalue weighted by atomic mass is 9.82. The zero-order chi connectivity index (χ0) is 13.9. The molecule has 1 amide bonds. The molecule has 2 atom stereocenters. The Bertz CT molecular complexity index is 319. The predicted molar refractivity (Wildman–Crippen MR) is 67.3 cm³/mol. The Morgan fingerprint density at radius 1 is 1.33 bits per heavy atom. The normalized spacial score (nSPS) is 32.0. The van der Waals surface area contributed by atoms with Crippen LogP contribution in [0.5, 0.6) is 0 Å². The van der Waals surface area contributed by atoms with E-state index in [1.54, 1.807) is 0 Å².